The second-order valence-electron chi connectivity index (χ2n) is 5.99. The Labute approximate surface area is 171 Å². The first-order chi connectivity index (χ1) is 14.6. The Morgan fingerprint density at radius 3 is 2.37 bits per heavy atom. The third kappa shape index (κ3) is 6.34. The Bertz CT molecular complexity index is 1070. The van der Waals surface area contributed by atoms with E-state index in [1.165, 1.54) is 24.4 Å². The highest BCUT2D eigenvalue weighted by atomic mass is 16.6. The van der Waals surface area contributed by atoms with Crippen LogP contribution in [0.4, 0.5) is 22.7 Å². The standard InChI is InChI=1S/C21H17N5O4/c27-21(15-30-22-14-16-5-4-8-20(13-16)26(28)29)23-17-9-11-19(12-10-17)25-24-18-6-2-1-3-7-18/h1-14H,15H2,(H,23,27)/b22-14-,25-24?. The van der Waals surface area contributed by atoms with Crippen molar-refractivity contribution in [2.75, 3.05) is 11.9 Å². The van der Waals surface area contributed by atoms with E-state index in [4.69, 9.17) is 4.84 Å². The molecule has 0 aromatic heterocycles. The summed E-state index contributed by atoms with van der Waals surface area (Å²) in [5.74, 6) is -0.398. The molecule has 0 aliphatic rings. The first kappa shape index (κ1) is 20.3. The summed E-state index contributed by atoms with van der Waals surface area (Å²) in [4.78, 5) is 27.1. The Balaban J connectivity index is 1.46. The van der Waals surface area contributed by atoms with E-state index < -0.39 is 10.8 Å². The lowest BCUT2D eigenvalue weighted by atomic mass is 10.2. The lowest BCUT2D eigenvalue weighted by Crippen LogP contribution is -2.16. The lowest BCUT2D eigenvalue weighted by molar-refractivity contribution is -0.384. The second-order valence-corrected chi connectivity index (χ2v) is 5.99. The average molecular weight is 403 g/mol. The van der Waals surface area contributed by atoms with Gasteiger partial charge in [-0.15, -0.1) is 0 Å². The van der Waals surface area contributed by atoms with Crippen LogP contribution in [0.1, 0.15) is 5.56 Å². The van der Waals surface area contributed by atoms with Crippen molar-refractivity contribution < 1.29 is 14.6 Å². The van der Waals surface area contributed by atoms with Crippen LogP contribution in [0.2, 0.25) is 0 Å². The highest BCUT2D eigenvalue weighted by Gasteiger charge is 2.05. The highest BCUT2D eigenvalue weighted by Crippen LogP contribution is 2.20. The molecule has 150 valence electrons. The fraction of sp³-hybridized carbons (Fsp3) is 0.0476. The zero-order chi connectivity index (χ0) is 21.2. The fourth-order valence-electron chi connectivity index (χ4n) is 2.33. The molecule has 9 nitrogen and oxygen atoms in total. The smallest absolute Gasteiger partial charge is 0.270 e. The summed E-state index contributed by atoms with van der Waals surface area (Å²) in [6.45, 7) is -0.305. The molecule has 0 saturated heterocycles. The molecule has 0 unspecified atom stereocenters. The summed E-state index contributed by atoms with van der Waals surface area (Å²) < 4.78 is 0. The minimum absolute atomic E-state index is 0.0524. The molecule has 30 heavy (non-hydrogen) atoms. The Kier molecular flexibility index (Phi) is 6.93. The van der Waals surface area contributed by atoms with Gasteiger partial charge in [0.25, 0.3) is 11.6 Å². The van der Waals surface area contributed by atoms with Crippen molar-refractivity contribution in [1.82, 2.24) is 0 Å². The molecule has 0 fully saturated rings. The number of non-ortho nitro benzene ring substituents is 1. The van der Waals surface area contributed by atoms with Crippen molar-refractivity contribution in [2.45, 2.75) is 0 Å². The average Bonchev–Trinajstić information content (AvgIpc) is 2.77. The summed E-state index contributed by atoms with van der Waals surface area (Å²) in [6.07, 6.45) is 1.30. The monoisotopic (exact) mass is 403 g/mol. The van der Waals surface area contributed by atoms with Crippen LogP contribution in [0, 0.1) is 10.1 Å². The molecule has 0 atom stereocenters. The van der Waals surface area contributed by atoms with Gasteiger partial charge in [-0.05, 0) is 36.4 Å². The number of carbonyl (C=O) groups is 1. The Morgan fingerprint density at radius 2 is 1.67 bits per heavy atom. The number of hydrogen-bond acceptors (Lipinski definition) is 7. The van der Waals surface area contributed by atoms with Crippen molar-refractivity contribution in [2.24, 2.45) is 15.4 Å². The normalized spacial score (nSPS) is 10.9. The molecule has 0 aliphatic carbocycles. The van der Waals surface area contributed by atoms with Crippen LogP contribution >= 0.6 is 0 Å². The molecule has 9 heteroatoms. The number of nitrogens with one attached hydrogen (secondary N) is 1. The van der Waals surface area contributed by atoms with Gasteiger partial charge in [-0.25, -0.2) is 0 Å². The molecule has 3 aromatic carbocycles. The van der Waals surface area contributed by atoms with Crippen LogP contribution in [0.15, 0.2) is 94.2 Å². The topological polar surface area (TPSA) is 119 Å². The van der Waals surface area contributed by atoms with E-state index in [2.05, 4.69) is 20.7 Å². The fourth-order valence-corrected chi connectivity index (χ4v) is 2.33. The number of rotatable bonds is 8. The minimum Gasteiger partial charge on any atom is -0.386 e. The number of anilines is 1. The van der Waals surface area contributed by atoms with Gasteiger partial charge in [0.05, 0.1) is 22.5 Å². The summed E-state index contributed by atoms with van der Waals surface area (Å²) in [7, 11) is 0. The number of hydrogen-bond donors (Lipinski definition) is 1. The van der Waals surface area contributed by atoms with Crippen molar-refractivity contribution >= 4 is 34.9 Å². The third-order valence-electron chi connectivity index (χ3n) is 3.74. The van der Waals surface area contributed by atoms with E-state index in [1.807, 2.05) is 30.3 Å². The SMILES string of the molecule is O=C(CO/N=C\c1cccc([N+](=O)[O-])c1)Nc1ccc(N=Nc2ccccc2)cc1. The molecule has 0 saturated carbocycles. The third-order valence-corrected chi connectivity index (χ3v) is 3.74. The summed E-state index contributed by atoms with van der Waals surface area (Å²) in [5, 5.41) is 25.3. The number of azo groups is 1. The van der Waals surface area contributed by atoms with Crippen LogP contribution in [0.5, 0.6) is 0 Å². The molecule has 0 heterocycles. The van der Waals surface area contributed by atoms with Crippen LogP contribution in [0.3, 0.4) is 0 Å². The van der Waals surface area contributed by atoms with Gasteiger partial charge in [0.15, 0.2) is 6.61 Å². The molecular weight excluding hydrogens is 386 g/mol. The Hall–Kier alpha value is -4.40. The molecular formula is C21H17N5O4. The number of amides is 1. The zero-order valence-corrected chi connectivity index (χ0v) is 15.7. The predicted octanol–water partition coefficient (Wildman–Crippen LogP) is 5.00. The number of nitrogens with zero attached hydrogens (tertiary/aromatic N) is 4. The van der Waals surface area contributed by atoms with Gasteiger partial charge in [0, 0.05) is 23.4 Å². The molecule has 0 aliphatic heterocycles. The number of nitro benzene ring substituents is 1. The molecule has 1 amide bonds. The van der Waals surface area contributed by atoms with Gasteiger partial charge in [-0.3, -0.25) is 14.9 Å². The van der Waals surface area contributed by atoms with E-state index >= 15 is 0 Å². The van der Waals surface area contributed by atoms with Crippen molar-refractivity contribution in [3.8, 4) is 0 Å². The molecule has 0 radical (unpaired) electrons. The van der Waals surface area contributed by atoms with Crippen LogP contribution < -0.4 is 5.32 Å². The van der Waals surface area contributed by atoms with E-state index in [1.54, 1.807) is 30.3 Å². The minimum atomic E-state index is -0.500. The van der Waals surface area contributed by atoms with Crippen LogP contribution in [0.25, 0.3) is 0 Å². The van der Waals surface area contributed by atoms with Crippen molar-refractivity contribution in [3.63, 3.8) is 0 Å². The first-order valence-electron chi connectivity index (χ1n) is 8.87. The molecule has 0 spiro atoms. The number of nitro groups is 1. The molecule has 1 N–H and O–H groups in total. The van der Waals surface area contributed by atoms with Gasteiger partial charge in [-0.1, -0.05) is 35.5 Å². The summed E-state index contributed by atoms with van der Waals surface area (Å²) in [5.41, 5.74) is 2.41. The maximum absolute atomic E-state index is 11.9. The summed E-state index contributed by atoms with van der Waals surface area (Å²) in [6, 6.07) is 22.1. The van der Waals surface area contributed by atoms with Gasteiger partial charge in [0.2, 0.25) is 0 Å². The van der Waals surface area contributed by atoms with Crippen molar-refractivity contribution in [1.29, 1.82) is 0 Å². The van der Waals surface area contributed by atoms with Gasteiger partial charge in [0.1, 0.15) is 0 Å². The first-order valence-corrected chi connectivity index (χ1v) is 8.87. The predicted molar refractivity (Wildman–Crippen MR) is 112 cm³/mol. The number of carbonyl (C=O) groups excluding carboxylic acids is 1. The quantitative estimate of drug-likeness (QED) is 0.246. The maximum Gasteiger partial charge on any atom is 0.270 e. The van der Waals surface area contributed by atoms with E-state index in [0.29, 0.717) is 16.9 Å². The Morgan fingerprint density at radius 1 is 0.967 bits per heavy atom. The molecule has 3 rings (SSSR count). The van der Waals surface area contributed by atoms with E-state index in [-0.39, 0.29) is 12.3 Å². The second kappa shape index (κ2) is 10.2. The summed E-state index contributed by atoms with van der Waals surface area (Å²) >= 11 is 0. The van der Waals surface area contributed by atoms with E-state index in [0.717, 1.165) is 5.69 Å². The zero-order valence-electron chi connectivity index (χ0n) is 15.7. The number of oxime groups is 1. The lowest BCUT2D eigenvalue weighted by Gasteiger charge is -2.04. The highest BCUT2D eigenvalue weighted by molar-refractivity contribution is 5.91. The van der Waals surface area contributed by atoms with Crippen LogP contribution in [-0.4, -0.2) is 23.7 Å². The van der Waals surface area contributed by atoms with Gasteiger partial charge in [-0.2, -0.15) is 10.2 Å². The largest absolute Gasteiger partial charge is 0.386 e. The maximum atomic E-state index is 11.9. The van der Waals surface area contributed by atoms with E-state index in [9.17, 15) is 14.9 Å². The van der Waals surface area contributed by atoms with Gasteiger partial charge >= 0.3 is 0 Å². The molecule has 3 aromatic rings. The van der Waals surface area contributed by atoms with Gasteiger partial charge < -0.3 is 10.2 Å². The molecule has 0 bridgehead atoms. The van der Waals surface area contributed by atoms with Crippen LogP contribution in [-0.2, 0) is 9.63 Å². The van der Waals surface area contributed by atoms with Crippen molar-refractivity contribution in [3.05, 3.63) is 94.5 Å². The number of benzene rings is 3.